The lowest BCUT2D eigenvalue weighted by atomic mass is 10.1. The van der Waals surface area contributed by atoms with E-state index in [1.165, 1.54) is 11.8 Å². The molecule has 2 heterocycles. The molecule has 23 heavy (non-hydrogen) atoms. The number of carbonyl (C=O) groups excluding carboxylic acids is 1. The summed E-state index contributed by atoms with van der Waals surface area (Å²) in [6.45, 7) is 5.27. The van der Waals surface area contributed by atoms with Crippen LogP contribution in [0.5, 0.6) is 0 Å². The molecule has 6 nitrogen and oxygen atoms in total. The summed E-state index contributed by atoms with van der Waals surface area (Å²) in [4.78, 5) is 15.0. The summed E-state index contributed by atoms with van der Waals surface area (Å²) in [5, 5.41) is 6.67. The van der Waals surface area contributed by atoms with Gasteiger partial charge in [-0.25, -0.2) is 0 Å². The van der Waals surface area contributed by atoms with Crippen LogP contribution >= 0.6 is 11.5 Å². The van der Waals surface area contributed by atoms with E-state index in [1.54, 1.807) is 0 Å². The van der Waals surface area contributed by atoms with Gasteiger partial charge in [0.2, 0.25) is 0 Å². The molecule has 1 amide bonds. The van der Waals surface area contributed by atoms with Crippen LogP contribution in [-0.4, -0.2) is 52.2 Å². The van der Waals surface area contributed by atoms with Crippen molar-refractivity contribution in [3.05, 3.63) is 47.0 Å². The smallest absolute Gasteiger partial charge is 0.264 e. The molecule has 0 saturated carbocycles. The molecule has 0 radical (unpaired) electrons. The predicted molar refractivity (Wildman–Crippen MR) is 88.3 cm³/mol. The van der Waals surface area contributed by atoms with Crippen LogP contribution in [-0.2, 0) is 11.3 Å². The Morgan fingerprint density at radius 2 is 2.30 bits per heavy atom. The molecule has 1 N–H and O–H groups in total. The van der Waals surface area contributed by atoms with Crippen LogP contribution in [0.3, 0.4) is 0 Å². The zero-order valence-corrected chi connectivity index (χ0v) is 13.8. The Morgan fingerprint density at radius 3 is 3.04 bits per heavy atom. The average molecular weight is 332 g/mol. The van der Waals surface area contributed by atoms with Crippen LogP contribution in [0, 0.1) is 0 Å². The lowest BCUT2D eigenvalue weighted by molar-refractivity contribution is -0.0449. The van der Waals surface area contributed by atoms with Crippen molar-refractivity contribution in [2.75, 3.05) is 19.7 Å². The highest BCUT2D eigenvalue weighted by Gasteiger charge is 2.27. The third kappa shape index (κ3) is 4.34. The summed E-state index contributed by atoms with van der Waals surface area (Å²) in [7, 11) is 0. The molecule has 2 atom stereocenters. The fourth-order valence-corrected chi connectivity index (χ4v) is 3.08. The molecule has 0 aliphatic carbocycles. The third-order valence-electron chi connectivity index (χ3n) is 3.93. The van der Waals surface area contributed by atoms with Gasteiger partial charge in [0, 0.05) is 19.6 Å². The highest BCUT2D eigenvalue weighted by Crippen LogP contribution is 2.13. The van der Waals surface area contributed by atoms with Crippen LogP contribution in [0.15, 0.2) is 36.5 Å². The van der Waals surface area contributed by atoms with Crippen molar-refractivity contribution < 1.29 is 9.53 Å². The van der Waals surface area contributed by atoms with Gasteiger partial charge in [0.05, 0.1) is 24.9 Å². The SMILES string of the molecule is C[C@@H](NC(=O)c1cnns1)[C@H]1CN(Cc2ccccc2)CCO1. The first-order chi connectivity index (χ1) is 11.2. The number of ether oxygens (including phenoxy) is 1. The summed E-state index contributed by atoms with van der Waals surface area (Å²) in [6.07, 6.45) is 1.47. The average Bonchev–Trinajstić information content (AvgIpc) is 3.10. The molecule has 3 rings (SSSR count). The van der Waals surface area contributed by atoms with Gasteiger partial charge in [0.1, 0.15) is 4.88 Å². The molecule has 0 spiro atoms. The molecule has 1 aromatic carbocycles. The van der Waals surface area contributed by atoms with Gasteiger partial charge in [-0.05, 0) is 24.0 Å². The van der Waals surface area contributed by atoms with Gasteiger partial charge in [-0.2, -0.15) is 0 Å². The number of hydrogen-bond donors (Lipinski definition) is 1. The number of morpholine rings is 1. The highest BCUT2D eigenvalue weighted by atomic mass is 32.1. The minimum absolute atomic E-state index is 0.0164. The Labute approximate surface area is 139 Å². The van der Waals surface area contributed by atoms with Gasteiger partial charge in [-0.15, -0.1) is 5.10 Å². The van der Waals surface area contributed by atoms with Gasteiger partial charge in [-0.3, -0.25) is 9.69 Å². The molecule has 0 bridgehead atoms. The lowest BCUT2D eigenvalue weighted by Gasteiger charge is -2.36. The fourth-order valence-electron chi connectivity index (χ4n) is 2.66. The summed E-state index contributed by atoms with van der Waals surface area (Å²) in [5.74, 6) is -0.142. The number of hydrogen-bond acceptors (Lipinski definition) is 6. The topological polar surface area (TPSA) is 67.4 Å². The first-order valence-corrected chi connectivity index (χ1v) is 8.46. The van der Waals surface area contributed by atoms with Crippen molar-refractivity contribution >= 4 is 17.4 Å². The van der Waals surface area contributed by atoms with E-state index in [-0.39, 0.29) is 18.1 Å². The van der Waals surface area contributed by atoms with E-state index in [0.717, 1.165) is 31.2 Å². The number of nitrogens with zero attached hydrogens (tertiary/aromatic N) is 3. The Kier molecular flexibility index (Phi) is 5.32. The maximum absolute atomic E-state index is 12.1. The quantitative estimate of drug-likeness (QED) is 0.900. The summed E-state index contributed by atoms with van der Waals surface area (Å²) in [6, 6.07) is 10.3. The largest absolute Gasteiger partial charge is 0.373 e. The molecule has 1 saturated heterocycles. The second kappa shape index (κ2) is 7.63. The van der Waals surface area contributed by atoms with Crippen molar-refractivity contribution in [3.8, 4) is 0 Å². The number of aromatic nitrogens is 2. The molecule has 1 aliphatic heterocycles. The zero-order valence-electron chi connectivity index (χ0n) is 13.0. The van der Waals surface area contributed by atoms with Crippen LogP contribution in [0.1, 0.15) is 22.2 Å². The predicted octanol–water partition coefficient (Wildman–Crippen LogP) is 1.56. The normalized spacial score (nSPS) is 20.1. The summed E-state index contributed by atoms with van der Waals surface area (Å²) in [5.41, 5.74) is 1.29. The van der Waals surface area contributed by atoms with Crippen LogP contribution in [0.4, 0.5) is 0 Å². The van der Waals surface area contributed by atoms with E-state index >= 15 is 0 Å². The van der Waals surface area contributed by atoms with E-state index < -0.39 is 0 Å². The highest BCUT2D eigenvalue weighted by molar-refractivity contribution is 7.07. The van der Waals surface area contributed by atoms with Crippen LogP contribution in [0.25, 0.3) is 0 Å². The van der Waals surface area contributed by atoms with Crippen molar-refractivity contribution in [2.45, 2.75) is 25.6 Å². The van der Waals surface area contributed by atoms with Crippen molar-refractivity contribution in [1.29, 1.82) is 0 Å². The molecular weight excluding hydrogens is 312 g/mol. The second-order valence-corrected chi connectivity index (χ2v) is 6.46. The van der Waals surface area contributed by atoms with Gasteiger partial charge in [0.15, 0.2) is 0 Å². The third-order valence-corrected chi connectivity index (χ3v) is 4.59. The Hall–Kier alpha value is -1.83. The summed E-state index contributed by atoms with van der Waals surface area (Å²) >= 11 is 1.10. The van der Waals surface area contributed by atoms with Crippen LogP contribution < -0.4 is 5.32 Å². The van der Waals surface area contributed by atoms with E-state index in [2.05, 4.69) is 44.1 Å². The monoisotopic (exact) mass is 332 g/mol. The Bertz CT molecular complexity index is 620. The van der Waals surface area contributed by atoms with Gasteiger partial charge >= 0.3 is 0 Å². The Morgan fingerprint density at radius 1 is 1.48 bits per heavy atom. The zero-order chi connectivity index (χ0) is 16.1. The lowest BCUT2D eigenvalue weighted by Crippen LogP contribution is -2.51. The van der Waals surface area contributed by atoms with Gasteiger partial charge < -0.3 is 10.1 Å². The maximum Gasteiger partial charge on any atom is 0.264 e. The second-order valence-electron chi connectivity index (χ2n) is 5.67. The van der Waals surface area contributed by atoms with E-state index in [9.17, 15) is 4.79 Å². The molecule has 0 unspecified atom stereocenters. The Balaban J connectivity index is 1.54. The van der Waals surface area contributed by atoms with Gasteiger partial charge in [0.25, 0.3) is 5.91 Å². The standard InChI is InChI=1S/C16H20N4O2S/c1-12(18-16(21)15-9-17-19-23-15)14-11-20(7-8-22-14)10-13-5-3-2-4-6-13/h2-6,9,12,14H,7-8,10-11H2,1H3,(H,18,21)/t12-,14-/m1/s1. The van der Waals surface area contributed by atoms with Crippen molar-refractivity contribution in [3.63, 3.8) is 0 Å². The first-order valence-electron chi connectivity index (χ1n) is 7.68. The number of benzene rings is 1. The number of carbonyl (C=O) groups is 1. The number of amides is 1. The van der Waals surface area contributed by atoms with E-state index in [4.69, 9.17) is 4.74 Å². The molecule has 7 heteroatoms. The molecule has 1 fully saturated rings. The fraction of sp³-hybridized carbons (Fsp3) is 0.438. The minimum Gasteiger partial charge on any atom is -0.373 e. The van der Waals surface area contributed by atoms with E-state index in [1.807, 2.05) is 13.0 Å². The minimum atomic E-state index is -0.142. The molecule has 2 aromatic rings. The number of nitrogens with one attached hydrogen (secondary N) is 1. The van der Waals surface area contributed by atoms with Crippen molar-refractivity contribution in [1.82, 2.24) is 19.8 Å². The number of rotatable bonds is 5. The molecule has 122 valence electrons. The maximum atomic E-state index is 12.1. The van der Waals surface area contributed by atoms with Gasteiger partial charge in [-0.1, -0.05) is 34.8 Å². The first kappa shape index (κ1) is 16.0. The molecule has 1 aromatic heterocycles. The van der Waals surface area contributed by atoms with E-state index in [0.29, 0.717) is 11.5 Å². The molecule has 1 aliphatic rings. The van der Waals surface area contributed by atoms with Crippen molar-refractivity contribution in [2.24, 2.45) is 0 Å². The molecular formula is C16H20N4O2S. The van der Waals surface area contributed by atoms with Crippen LogP contribution in [0.2, 0.25) is 0 Å². The summed E-state index contributed by atoms with van der Waals surface area (Å²) < 4.78 is 9.55.